The number of rotatable bonds is 4. The molecular formula is C16H26N2O2. The van der Waals surface area contributed by atoms with Gasteiger partial charge >= 0.3 is 0 Å². The molecule has 2 heterocycles. The number of allylic oxidation sites excluding steroid dienone is 2. The van der Waals surface area contributed by atoms with E-state index in [1.807, 2.05) is 0 Å². The van der Waals surface area contributed by atoms with E-state index in [1.54, 1.807) is 0 Å². The lowest BCUT2D eigenvalue weighted by molar-refractivity contribution is -0.133. The van der Waals surface area contributed by atoms with E-state index in [0.717, 1.165) is 52.2 Å². The maximum absolute atomic E-state index is 12.3. The van der Waals surface area contributed by atoms with E-state index in [4.69, 9.17) is 4.74 Å². The molecule has 2 fully saturated rings. The summed E-state index contributed by atoms with van der Waals surface area (Å²) >= 11 is 0. The van der Waals surface area contributed by atoms with Crippen molar-refractivity contribution in [3.05, 3.63) is 12.2 Å². The molecule has 0 aromatic carbocycles. The number of piperazine rings is 1. The van der Waals surface area contributed by atoms with Crippen LogP contribution in [0.15, 0.2) is 12.2 Å². The Morgan fingerprint density at radius 3 is 2.70 bits per heavy atom. The van der Waals surface area contributed by atoms with Crippen LogP contribution in [-0.2, 0) is 9.53 Å². The molecule has 0 spiro atoms. The Bertz CT molecular complexity index is 355. The first-order valence-corrected chi connectivity index (χ1v) is 8.09. The average molecular weight is 278 g/mol. The van der Waals surface area contributed by atoms with E-state index < -0.39 is 0 Å². The van der Waals surface area contributed by atoms with Crippen LogP contribution in [0, 0.1) is 5.92 Å². The van der Waals surface area contributed by atoms with Gasteiger partial charge in [-0.15, -0.1) is 0 Å². The Morgan fingerprint density at radius 1 is 1.20 bits per heavy atom. The molecule has 0 radical (unpaired) electrons. The van der Waals surface area contributed by atoms with Crippen LogP contribution in [0.3, 0.4) is 0 Å². The fourth-order valence-corrected chi connectivity index (χ4v) is 3.47. The highest BCUT2D eigenvalue weighted by Gasteiger charge is 2.26. The quantitative estimate of drug-likeness (QED) is 0.733. The molecule has 0 saturated carbocycles. The highest BCUT2D eigenvalue weighted by atomic mass is 16.5. The van der Waals surface area contributed by atoms with Gasteiger partial charge in [0.25, 0.3) is 0 Å². The molecule has 2 atom stereocenters. The normalized spacial score (nSPS) is 31.1. The molecular weight excluding hydrogens is 252 g/mol. The van der Waals surface area contributed by atoms with E-state index in [2.05, 4.69) is 22.0 Å². The summed E-state index contributed by atoms with van der Waals surface area (Å²) in [6.07, 6.45) is 10.3. The first-order valence-electron chi connectivity index (χ1n) is 8.09. The number of hydrogen-bond acceptors (Lipinski definition) is 3. The molecule has 20 heavy (non-hydrogen) atoms. The molecule has 4 heteroatoms. The molecule has 2 saturated heterocycles. The van der Waals surface area contributed by atoms with Gasteiger partial charge in [-0.1, -0.05) is 12.2 Å². The van der Waals surface area contributed by atoms with Gasteiger partial charge in [0.1, 0.15) is 0 Å². The molecule has 1 amide bonds. The number of hydrogen-bond donors (Lipinski definition) is 0. The van der Waals surface area contributed by atoms with E-state index in [1.165, 1.54) is 12.8 Å². The lowest BCUT2D eigenvalue weighted by Crippen LogP contribution is -2.50. The third kappa shape index (κ3) is 3.61. The first kappa shape index (κ1) is 14.1. The smallest absolute Gasteiger partial charge is 0.223 e. The molecule has 2 aliphatic heterocycles. The zero-order valence-electron chi connectivity index (χ0n) is 12.3. The standard InChI is InChI=1S/C16H26N2O2/c19-16(12-14-4-1-2-5-14)18-9-7-17(8-10-18)13-15-6-3-11-20-15/h1,4,14-15H,2-3,5-13H2/t14-,15+/m0/s1. The van der Waals surface area contributed by atoms with Gasteiger partial charge in [-0.05, 0) is 31.6 Å². The van der Waals surface area contributed by atoms with Crippen molar-refractivity contribution in [1.29, 1.82) is 0 Å². The van der Waals surface area contributed by atoms with Crippen LogP contribution in [0.4, 0.5) is 0 Å². The van der Waals surface area contributed by atoms with Gasteiger partial charge in [-0.2, -0.15) is 0 Å². The van der Waals surface area contributed by atoms with Crippen molar-refractivity contribution in [3.8, 4) is 0 Å². The van der Waals surface area contributed by atoms with Crippen LogP contribution >= 0.6 is 0 Å². The Hall–Kier alpha value is -0.870. The molecule has 3 rings (SSSR count). The largest absolute Gasteiger partial charge is 0.377 e. The van der Waals surface area contributed by atoms with Crippen LogP contribution in [0.25, 0.3) is 0 Å². The SMILES string of the molecule is O=C(C[C@H]1C=CCC1)N1CCN(C[C@H]2CCCO2)CC1. The molecule has 4 nitrogen and oxygen atoms in total. The fraction of sp³-hybridized carbons (Fsp3) is 0.812. The van der Waals surface area contributed by atoms with Gasteiger partial charge in [-0.25, -0.2) is 0 Å². The zero-order valence-corrected chi connectivity index (χ0v) is 12.3. The van der Waals surface area contributed by atoms with Gasteiger partial charge < -0.3 is 9.64 Å². The van der Waals surface area contributed by atoms with Gasteiger partial charge in [0, 0.05) is 45.8 Å². The summed E-state index contributed by atoms with van der Waals surface area (Å²) < 4.78 is 5.69. The first-order chi connectivity index (χ1) is 9.81. The zero-order chi connectivity index (χ0) is 13.8. The number of carbonyl (C=O) groups excluding carboxylic acids is 1. The molecule has 0 aromatic rings. The minimum Gasteiger partial charge on any atom is -0.377 e. The Kier molecular flexibility index (Phi) is 4.73. The van der Waals surface area contributed by atoms with Crippen molar-refractivity contribution < 1.29 is 9.53 Å². The van der Waals surface area contributed by atoms with E-state index >= 15 is 0 Å². The molecule has 0 N–H and O–H groups in total. The number of nitrogens with zero attached hydrogens (tertiary/aromatic N) is 2. The maximum Gasteiger partial charge on any atom is 0.223 e. The second kappa shape index (κ2) is 6.72. The van der Waals surface area contributed by atoms with Gasteiger partial charge in [-0.3, -0.25) is 9.69 Å². The maximum atomic E-state index is 12.3. The second-order valence-electron chi connectivity index (χ2n) is 6.29. The average Bonchev–Trinajstić information content (AvgIpc) is 3.13. The van der Waals surface area contributed by atoms with Crippen LogP contribution in [0.2, 0.25) is 0 Å². The third-order valence-electron chi connectivity index (χ3n) is 4.76. The van der Waals surface area contributed by atoms with E-state index in [9.17, 15) is 4.79 Å². The summed E-state index contributed by atoms with van der Waals surface area (Å²) in [6.45, 7) is 5.77. The van der Waals surface area contributed by atoms with Gasteiger partial charge in [0.05, 0.1) is 6.10 Å². The van der Waals surface area contributed by atoms with Crippen molar-refractivity contribution in [2.24, 2.45) is 5.92 Å². The van der Waals surface area contributed by atoms with Crippen LogP contribution < -0.4 is 0 Å². The van der Waals surface area contributed by atoms with Crippen molar-refractivity contribution in [2.75, 3.05) is 39.3 Å². The number of amides is 1. The summed E-state index contributed by atoms with van der Waals surface area (Å²) in [6, 6.07) is 0. The van der Waals surface area contributed by atoms with Crippen LogP contribution in [0.1, 0.15) is 32.1 Å². The van der Waals surface area contributed by atoms with Gasteiger partial charge in [0.15, 0.2) is 0 Å². The Labute approximate surface area is 121 Å². The van der Waals surface area contributed by atoms with Crippen molar-refractivity contribution in [1.82, 2.24) is 9.80 Å². The Balaban J connectivity index is 1.38. The summed E-state index contributed by atoms with van der Waals surface area (Å²) in [4.78, 5) is 16.8. The topological polar surface area (TPSA) is 32.8 Å². The molecule has 3 aliphatic rings. The van der Waals surface area contributed by atoms with Crippen molar-refractivity contribution in [3.63, 3.8) is 0 Å². The summed E-state index contributed by atoms with van der Waals surface area (Å²) in [5.74, 6) is 0.839. The molecule has 1 aliphatic carbocycles. The minimum absolute atomic E-state index is 0.346. The molecule has 0 unspecified atom stereocenters. The lowest BCUT2D eigenvalue weighted by Gasteiger charge is -2.36. The number of ether oxygens (including phenoxy) is 1. The Morgan fingerprint density at radius 2 is 2.05 bits per heavy atom. The molecule has 0 bridgehead atoms. The van der Waals surface area contributed by atoms with E-state index in [0.29, 0.717) is 24.3 Å². The minimum atomic E-state index is 0.346. The highest BCUT2D eigenvalue weighted by Crippen LogP contribution is 2.22. The predicted octanol–water partition coefficient (Wildman–Crippen LogP) is 1.67. The monoisotopic (exact) mass is 278 g/mol. The van der Waals surface area contributed by atoms with E-state index in [-0.39, 0.29) is 0 Å². The second-order valence-corrected chi connectivity index (χ2v) is 6.29. The summed E-state index contributed by atoms with van der Waals surface area (Å²) in [7, 11) is 0. The summed E-state index contributed by atoms with van der Waals surface area (Å²) in [5.41, 5.74) is 0. The third-order valence-corrected chi connectivity index (χ3v) is 4.76. The van der Waals surface area contributed by atoms with Crippen LogP contribution in [0.5, 0.6) is 0 Å². The molecule has 0 aromatic heterocycles. The van der Waals surface area contributed by atoms with Gasteiger partial charge in [0.2, 0.25) is 5.91 Å². The summed E-state index contributed by atoms with van der Waals surface area (Å²) in [5, 5.41) is 0. The highest BCUT2D eigenvalue weighted by molar-refractivity contribution is 5.76. The van der Waals surface area contributed by atoms with Crippen molar-refractivity contribution in [2.45, 2.75) is 38.2 Å². The predicted molar refractivity (Wildman–Crippen MR) is 78.5 cm³/mol. The van der Waals surface area contributed by atoms with Crippen molar-refractivity contribution >= 4 is 5.91 Å². The fourth-order valence-electron chi connectivity index (χ4n) is 3.47. The number of carbonyl (C=O) groups is 1. The molecule has 112 valence electrons. The van der Waals surface area contributed by atoms with Crippen LogP contribution in [-0.4, -0.2) is 61.1 Å². The lowest BCUT2D eigenvalue weighted by atomic mass is 10.0.